The third-order valence-electron chi connectivity index (χ3n) is 3.03. The number of hydrogen-bond acceptors (Lipinski definition) is 2. The van der Waals surface area contributed by atoms with Crippen molar-refractivity contribution in [3.8, 4) is 0 Å². The third kappa shape index (κ3) is 1.62. The lowest BCUT2D eigenvalue weighted by molar-refractivity contribution is -0.121. The fourth-order valence-corrected chi connectivity index (χ4v) is 2.25. The Labute approximate surface area is 98.2 Å². The molecule has 0 saturated carbocycles. The lowest BCUT2D eigenvalue weighted by Crippen LogP contribution is -2.24. The van der Waals surface area contributed by atoms with Crippen molar-refractivity contribution in [2.75, 3.05) is 11.4 Å². The highest BCUT2D eigenvalue weighted by Gasteiger charge is 2.28. The van der Waals surface area contributed by atoms with Crippen molar-refractivity contribution >= 4 is 28.3 Å². The topological polar surface area (TPSA) is 53.2 Å². The minimum atomic E-state index is -0.110. The van der Waals surface area contributed by atoms with Gasteiger partial charge in [-0.25, -0.2) is 0 Å². The van der Waals surface area contributed by atoms with E-state index in [0.717, 1.165) is 22.3 Å². The molecule has 4 heteroatoms. The molecular weight excluding hydrogens is 216 g/mol. The minimum Gasteiger partial charge on any atom is -0.359 e. The number of anilines is 1. The van der Waals surface area contributed by atoms with E-state index in [1.165, 1.54) is 0 Å². The summed E-state index contributed by atoms with van der Waals surface area (Å²) >= 11 is 0. The Kier molecular flexibility index (Phi) is 2.04. The normalized spacial score (nSPS) is 16.2. The molecule has 1 amide bonds. The van der Waals surface area contributed by atoms with Crippen molar-refractivity contribution in [1.29, 1.82) is 0 Å². The highest BCUT2D eigenvalue weighted by Crippen LogP contribution is 2.25. The molecule has 0 bridgehead atoms. The summed E-state index contributed by atoms with van der Waals surface area (Å²) in [5.74, 6) is -0.123. The monoisotopic (exact) mass is 228 g/mol. The van der Waals surface area contributed by atoms with Crippen LogP contribution in [0, 0.1) is 6.92 Å². The smallest absolute Gasteiger partial charge is 0.234 e. The quantitative estimate of drug-likeness (QED) is 0.756. The van der Waals surface area contributed by atoms with E-state index in [1.807, 2.05) is 31.2 Å². The molecule has 0 spiro atoms. The summed E-state index contributed by atoms with van der Waals surface area (Å²) in [5, 5.41) is 1.06. The minimum absolute atomic E-state index is 0.0136. The summed E-state index contributed by atoms with van der Waals surface area (Å²) in [7, 11) is 0. The first-order valence-electron chi connectivity index (χ1n) is 5.55. The van der Waals surface area contributed by atoms with E-state index in [1.54, 1.807) is 4.90 Å². The molecule has 17 heavy (non-hydrogen) atoms. The van der Waals surface area contributed by atoms with Gasteiger partial charge in [0.05, 0.1) is 13.0 Å². The van der Waals surface area contributed by atoms with Gasteiger partial charge in [-0.05, 0) is 31.2 Å². The van der Waals surface area contributed by atoms with Crippen molar-refractivity contribution in [2.45, 2.75) is 13.3 Å². The number of H-pyrrole nitrogens is 1. The van der Waals surface area contributed by atoms with Gasteiger partial charge in [0, 0.05) is 22.3 Å². The maximum Gasteiger partial charge on any atom is 0.234 e. The average Bonchev–Trinajstić information content (AvgIpc) is 2.78. The highest BCUT2D eigenvalue weighted by molar-refractivity contribution is 6.15. The van der Waals surface area contributed by atoms with Crippen LogP contribution in [-0.4, -0.2) is 23.2 Å². The van der Waals surface area contributed by atoms with Crippen molar-refractivity contribution in [1.82, 2.24) is 4.98 Å². The summed E-state index contributed by atoms with van der Waals surface area (Å²) < 4.78 is 0. The predicted octanol–water partition coefficient (Wildman–Crippen LogP) is 1.78. The SMILES string of the molecule is Cc1cc2cc(N3CC(=O)CC3=O)ccc2[nH]1. The number of benzene rings is 1. The van der Waals surface area contributed by atoms with Crippen molar-refractivity contribution in [2.24, 2.45) is 0 Å². The van der Waals surface area contributed by atoms with Crippen LogP contribution >= 0.6 is 0 Å². The van der Waals surface area contributed by atoms with Crippen LogP contribution in [0.2, 0.25) is 0 Å². The van der Waals surface area contributed by atoms with E-state index in [9.17, 15) is 9.59 Å². The van der Waals surface area contributed by atoms with Crippen LogP contribution in [0.4, 0.5) is 5.69 Å². The molecule has 2 aromatic rings. The lowest BCUT2D eigenvalue weighted by Gasteiger charge is -2.14. The van der Waals surface area contributed by atoms with Gasteiger partial charge in [-0.3, -0.25) is 9.59 Å². The van der Waals surface area contributed by atoms with Crippen LogP contribution in [0.5, 0.6) is 0 Å². The van der Waals surface area contributed by atoms with Gasteiger partial charge in [0.1, 0.15) is 0 Å². The maximum absolute atomic E-state index is 11.6. The van der Waals surface area contributed by atoms with Gasteiger partial charge < -0.3 is 9.88 Å². The first-order chi connectivity index (χ1) is 8.13. The number of fused-ring (bicyclic) bond motifs is 1. The Morgan fingerprint density at radius 3 is 2.76 bits per heavy atom. The molecule has 1 aliphatic rings. The van der Waals surface area contributed by atoms with Gasteiger partial charge in [0.25, 0.3) is 0 Å². The molecule has 0 radical (unpaired) electrons. The van der Waals surface area contributed by atoms with E-state index < -0.39 is 0 Å². The number of carbonyl (C=O) groups is 2. The van der Waals surface area contributed by atoms with E-state index >= 15 is 0 Å². The molecule has 0 aliphatic carbocycles. The Morgan fingerprint density at radius 1 is 1.24 bits per heavy atom. The van der Waals surface area contributed by atoms with Crippen LogP contribution in [0.25, 0.3) is 10.9 Å². The maximum atomic E-state index is 11.6. The molecule has 0 atom stereocenters. The second-order valence-electron chi connectivity index (χ2n) is 4.42. The fourth-order valence-electron chi connectivity index (χ4n) is 2.25. The lowest BCUT2D eigenvalue weighted by atomic mass is 10.2. The standard InChI is InChI=1S/C13H12N2O2/c1-8-4-9-5-10(2-3-12(9)14-8)15-7-11(16)6-13(15)17/h2-5,14H,6-7H2,1H3. The largest absolute Gasteiger partial charge is 0.359 e. The number of aryl methyl sites for hydroxylation is 1. The molecular formula is C13H12N2O2. The predicted molar refractivity (Wildman–Crippen MR) is 65.0 cm³/mol. The molecule has 4 nitrogen and oxygen atoms in total. The molecule has 86 valence electrons. The van der Waals surface area contributed by atoms with Crippen LogP contribution in [0.1, 0.15) is 12.1 Å². The summed E-state index contributed by atoms with van der Waals surface area (Å²) in [4.78, 5) is 27.6. The van der Waals surface area contributed by atoms with Gasteiger partial charge in [0.2, 0.25) is 5.91 Å². The van der Waals surface area contributed by atoms with Crippen molar-refractivity contribution in [3.63, 3.8) is 0 Å². The van der Waals surface area contributed by atoms with Gasteiger partial charge in [-0.15, -0.1) is 0 Å². The number of nitrogens with one attached hydrogen (secondary N) is 1. The highest BCUT2D eigenvalue weighted by atomic mass is 16.2. The number of Topliss-reactive ketones (excluding diaryl/α,β-unsaturated/α-hetero) is 1. The number of nitrogens with zero attached hydrogens (tertiary/aromatic N) is 1. The number of ketones is 1. The first kappa shape index (κ1) is 10.1. The Hall–Kier alpha value is -2.10. The van der Waals surface area contributed by atoms with E-state index in [-0.39, 0.29) is 24.7 Å². The molecule has 1 fully saturated rings. The average molecular weight is 228 g/mol. The zero-order chi connectivity index (χ0) is 12.0. The second-order valence-corrected chi connectivity index (χ2v) is 4.42. The Morgan fingerprint density at radius 2 is 2.06 bits per heavy atom. The molecule has 1 aromatic heterocycles. The second kappa shape index (κ2) is 3.45. The number of hydrogen-bond donors (Lipinski definition) is 1. The third-order valence-corrected chi connectivity index (χ3v) is 3.03. The van der Waals surface area contributed by atoms with Crippen LogP contribution in [0.3, 0.4) is 0 Å². The molecule has 0 unspecified atom stereocenters. The van der Waals surface area contributed by atoms with Crippen LogP contribution in [0.15, 0.2) is 24.3 Å². The Bertz CT molecular complexity index is 627. The van der Waals surface area contributed by atoms with Gasteiger partial charge >= 0.3 is 0 Å². The number of aromatic amines is 1. The zero-order valence-corrected chi connectivity index (χ0v) is 9.49. The number of aromatic nitrogens is 1. The van der Waals surface area contributed by atoms with Gasteiger partial charge in [-0.1, -0.05) is 0 Å². The van der Waals surface area contributed by atoms with E-state index in [2.05, 4.69) is 4.98 Å². The molecule has 1 aromatic carbocycles. The van der Waals surface area contributed by atoms with E-state index in [4.69, 9.17) is 0 Å². The molecule has 1 N–H and O–H groups in total. The molecule has 1 saturated heterocycles. The zero-order valence-electron chi connectivity index (χ0n) is 9.49. The number of rotatable bonds is 1. The number of amides is 1. The molecule has 3 rings (SSSR count). The number of carbonyl (C=O) groups excluding carboxylic acids is 2. The fraction of sp³-hybridized carbons (Fsp3) is 0.231. The van der Waals surface area contributed by atoms with Crippen molar-refractivity contribution in [3.05, 3.63) is 30.0 Å². The first-order valence-corrected chi connectivity index (χ1v) is 5.55. The van der Waals surface area contributed by atoms with Gasteiger partial charge in [0.15, 0.2) is 5.78 Å². The summed E-state index contributed by atoms with van der Waals surface area (Å²) in [6.45, 7) is 2.19. The van der Waals surface area contributed by atoms with Gasteiger partial charge in [-0.2, -0.15) is 0 Å². The summed E-state index contributed by atoms with van der Waals surface area (Å²) in [5.41, 5.74) is 2.93. The van der Waals surface area contributed by atoms with E-state index in [0.29, 0.717) is 0 Å². The summed E-state index contributed by atoms with van der Waals surface area (Å²) in [6, 6.07) is 7.78. The summed E-state index contributed by atoms with van der Waals surface area (Å²) in [6.07, 6.45) is 0.0319. The van der Waals surface area contributed by atoms with Crippen LogP contribution in [-0.2, 0) is 9.59 Å². The Balaban J connectivity index is 2.05. The van der Waals surface area contributed by atoms with Crippen molar-refractivity contribution < 1.29 is 9.59 Å². The molecule has 2 heterocycles. The molecule has 1 aliphatic heterocycles. The van der Waals surface area contributed by atoms with Crippen LogP contribution < -0.4 is 4.90 Å².